The number of hydrogen-bond acceptors (Lipinski definition) is 0. The van der Waals surface area contributed by atoms with Crippen molar-refractivity contribution < 1.29 is 7.13 Å². The molecule has 0 saturated heterocycles. The minimum absolute atomic E-state index is 0. The third-order valence-electron chi connectivity index (χ3n) is 0. The van der Waals surface area contributed by atoms with Gasteiger partial charge < -0.3 is 0 Å². The van der Waals surface area contributed by atoms with Crippen LogP contribution in [0.5, 0.6) is 0 Å². The average molecular weight is 241 g/mol. The van der Waals surface area contributed by atoms with Gasteiger partial charge in [0, 0.05) is 49.2 Å². The first-order valence-corrected chi connectivity index (χ1v) is 2.00. The van der Waals surface area contributed by atoms with Gasteiger partial charge in [0.2, 0.25) is 0 Å². The fourth-order valence-electron chi connectivity index (χ4n) is 0. The summed E-state index contributed by atoms with van der Waals surface area (Å²) in [5.41, 5.74) is 0. The highest BCUT2D eigenvalue weighted by molar-refractivity contribution is 7.50. The predicted octanol–water partition coefficient (Wildman–Crippen LogP) is 1.86. The summed E-state index contributed by atoms with van der Waals surface area (Å²) < 4.78 is 12.1. The highest BCUT2D eigenvalue weighted by Gasteiger charge is 0.980. The number of hydrogen-bond donors (Lipinski definition) is 0. The summed E-state index contributed by atoms with van der Waals surface area (Å²) in [6, 6.07) is 0. The maximum Gasteiger partial charge on any atom is 0.116 e. The first-order chi connectivity index (χ1) is 2.83. The van der Waals surface area contributed by atoms with Crippen molar-refractivity contribution in [1.29, 1.82) is 2.67 Å². The highest BCUT2D eigenvalue weighted by Crippen LogP contribution is 1.42. The lowest BCUT2D eigenvalue weighted by molar-refractivity contribution is 2.50. The summed E-state index contributed by atoms with van der Waals surface area (Å²) in [5, 5.41) is 0. The van der Waals surface area contributed by atoms with E-state index in [9.17, 15) is 0 Å². The molecular formula is C5H36B7P2. The topological polar surface area (TPSA) is 0 Å². The van der Waals surface area contributed by atoms with Gasteiger partial charge in [-0.1, -0.05) is 37.1 Å². The Balaban J connectivity index is -0.000000000593. The van der Waals surface area contributed by atoms with Crippen LogP contribution in [0.3, 0.4) is 0 Å². The fourth-order valence-corrected chi connectivity index (χ4v) is 0. The van der Waals surface area contributed by atoms with Crippen molar-refractivity contribution in [3.05, 3.63) is 0 Å². The summed E-state index contributed by atoms with van der Waals surface area (Å²) in [4.78, 5) is 0. The summed E-state index contributed by atoms with van der Waals surface area (Å²) in [6.45, 7) is 0. The molecule has 0 heterocycles. The third-order valence-corrected chi connectivity index (χ3v) is 0. The normalized spacial score (nSPS) is 2.14. The molecule has 0 bridgehead atoms. The Morgan fingerprint density at radius 1 is 0.643 bits per heavy atom. The molecule has 0 N–H and O–H groups in total. The molecule has 0 spiro atoms. The van der Waals surface area contributed by atoms with Crippen molar-refractivity contribution in [1.82, 2.24) is 0 Å². The second kappa shape index (κ2) is 1470. The van der Waals surface area contributed by atoms with E-state index in [0.29, 0.717) is 0 Å². The Hall–Kier alpha value is 1.31. The van der Waals surface area contributed by atoms with E-state index in [1.54, 1.807) is 0 Å². The Kier molecular flexibility index (Phi) is 11700. The Morgan fingerprint density at radius 3 is 0.643 bits per heavy atom. The molecule has 0 aliphatic heterocycles. The number of rotatable bonds is 0. The second-order valence-electron chi connectivity index (χ2n) is 0. The van der Waals surface area contributed by atoms with Crippen molar-refractivity contribution in [3.8, 4) is 0 Å². The zero-order chi connectivity index (χ0) is 5.41. The SMILES string of the molecule is C.C.C.C.C.[2HH].[2HH].[2HH].[2HH].[2HH].[2H][B]P.[2H][B]P.[B].[B].[B].[B].[B]. The summed E-state index contributed by atoms with van der Waals surface area (Å²) in [6.07, 6.45) is 0. The second-order valence-corrected chi connectivity index (χ2v) is 0. The zero-order valence-corrected chi connectivity index (χ0v) is 7.51. The molecule has 17 radical (unpaired) electrons. The van der Waals surface area contributed by atoms with Gasteiger partial charge in [-0.3, -0.25) is 0 Å². The fraction of sp³-hybridized carbons (Fsp3) is 1.00. The van der Waals surface area contributed by atoms with Gasteiger partial charge >= 0.3 is 0 Å². The molecule has 14 heavy (non-hydrogen) atoms. The molecule has 87 valence electrons. The molecule has 9 heteroatoms. The van der Waals surface area contributed by atoms with E-state index in [2.05, 4.69) is 18.2 Å². The minimum Gasteiger partial charge on any atom is -0.183 e. The molecule has 0 fully saturated rings. The van der Waals surface area contributed by atoms with E-state index in [1.807, 2.05) is 0 Å². The Bertz CT molecular complexity index is 41.3. The van der Waals surface area contributed by atoms with Gasteiger partial charge in [-0.05, 0) is 2.67 Å². The molecule has 0 saturated carbocycles. The average Bonchev–Trinajstić information content (AvgIpc) is 1.39. The van der Waals surface area contributed by atoms with Crippen LogP contribution >= 0.6 is 18.2 Å². The molecule has 0 aromatic rings. The van der Waals surface area contributed by atoms with Crippen LogP contribution in [0.2, 0.25) is 0 Å². The van der Waals surface area contributed by atoms with Gasteiger partial charge in [0.1, 0.15) is 15.1 Å². The summed E-state index contributed by atoms with van der Waals surface area (Å²) in [7, 11) is 6.57. The van der Waals surface area contributed by atoms with Gasteiger partial charge in [0.25, 0.3) is 0 Å². The molecule has 0 aliphatic rings. The van der Waals surface area contributed by atoms with Gasteiger partial charge in [-0.25, -0.2) is 0 Å². The summed E-state index contributed by atoms with van der Waals surface area (Å²) in [5.74, 6) is 0. The lowest BCUT2D eigenvalue weighted by Crippen LogP contribution is -0.937. The molecule has 2 unspecified atom stereocenters. The molecule has 2 atom stereocenters. The van der Waals surface area contributed by atoms with Crippen molar-refractivity contribution in [3.63, 3.8) is 0 Å². The van der Waals surface area contributed by atoms with Crippen LogP contribution in [0.4, 0.5) is 0 Å². The van der Waals surface area contributed by atoms with Gasteiger partial charge in [-0.15, -0.1) is 0 Å². The van der Waals surface area contributed by atoms with E-state index in [1.165, 1.54) is 15.1 Å². The largest absolute Gasteiger partial charge is 0.183 e. The molecule has 0 nitrogen and oxygen atoms in total. The molecule has 0 aromatic heterocycles. The lowest BCUT2D eigenvalue weighted by atomic mass is 10.8. The van der Waals surface area contributed by atoms with Gasteiger partial charge in [0.15, 0.2) is 0 Å². The highest BCUT2D eigenvalue weighted by atomic mass is 31.0. The molecule has 0 aromatic carbocycles. The van der Waals surface area contributed by atoms with E-state index in [-0.39, 0.29) is 86.3 Å². The third kappa shape index (κ3) is 1170. The Labute approximate surface area is 123 Å². The van der Waals surface area contributed by atoms with Crippen molar-refractivity contribution in [2.45, 2.75) is 37.1 Å². The van der Waals surface area contributed by atoms with Crippen LogP contribution in [0.1, 0.15) is 44.3 Å². The standard InChI is InChI=1S/5CH4.2BH3P.5B.5H2/c;;;;;2*1-2;;;;;;;;;;/h5*1H4;2*1H,2H2;;;;;;5*1H/i;;;;;2*1D;;;;;;5*1+1. The van der Waals surface area contributed by atoms with Crippen molar-refractivity contribution in [2.24, 2.45) is 0 Å². The first-order valence-electron chi connectivity index (χ1n) is 1.82. The van der Waals surface area contributed by atoms with Gasteiger partial charge in [0.05, 0.1) is 0 Å². The monoisotopic (exact) mass is 242 g/mol. The maximum absolute atomic E-state index is 6.05. The van der Waals surface area contributed by atoms with Crippen LogP contribution in [-0.4, -0.2) is 59.8 Å². The van der Waals surface area contributed by atoms with Crippen molar-refractivity contribution in [2.75, 3.05) is 0 Å². The van der Waals surface area contributed by atoms with E-state index in [0.717, 1.165) is 0 Å². The minimum atomic E-state index is 0. The van der Waals surface area contributed by atoms with E-state index < -0.39 is 0 Å². The predicted molar refractivity (Wildman–Crippen MR) is 107 cm³/mol. The molecule has 0 amide bonds. The van der Waals surface area contributed by atoms with Crippen LogP contribution in [0.15, 0.2) is 0 Å². The first kappa shape index (κ1) is 111. The molecular weight excluding hydrogens is 198 g/mol. The van der Waals surface area contributed by atoms with E-state index >= 15 is 0 Å². The van der Waals surface area contributed by atoms with Gasteiger partial charge in [-0.2, -0.15) is 18.2 Å². The van der Waals surface area contributed by atoms with Crippen LogP contribution < -0.4 is 0 Å². The maximum atomic E-state index is 6.05. The lowest BCUT2D eigenvalue weighted by Gasteiger charge is -1.04. The van der Waals surface area contributed by atoms with E-state index in [4.69, 9.17) is 2.67 Å². The summed E-state index contributed by atoms with van der Waals surface area (Å²) >= 11 is 0. The van der Waals surface area contributed by atoms with Crippen LogP contribution in [-0.2, 0) is 0 Å². The molecule has 0 rings (SSSR count). The van der Waals surface area contributed by atoms with Crippen LogP contribution in [0, 0.1) is 0 Å². The quantitative estimate of drug-likeness (QED) is 0.448. The molecule has 0 aliphatic carbocycles. The smallest absolute Gasteiger partial charge is 0.116 e. The van der Waals surface area contributed by atoms with Crippen molar-refractivity contribution >= 4 is 75.4 Å². The zero-order valence-electron chi connectivity index (χ0n) is 7.20. The van der Waals surface area contributed by atoms with Crippen LogP contribution in [0.25, 0.3) is 0 Å². The Morgan fingerprint density at radius 2 is 0.643 bits per heavy atom.